The molecule has 1 unspecified atom stereocenters. The first kappa shape index (κ1) is 14.6. The Morgan fingerprint density at radius 1 is 1.53 bits per heavy atom. The minimum atomic E-state index is -0.659. The number of hydrogen-bond acceptors (Lipinski definition) is 8. The highest BCUT2D eigenvalue weighted by Gasteiger charge is 2.31. The first-order valence-corrected chi connectivity index (χ1v) is 6.99. The Labute approximate surface area is 115 Å². The van der Waals surface area contributed by atoms with Crippen LogP contribution in [0.2, 0.25) is 0 Å². The van der Waals surface area contributed by atoms with Gasteiger partial charge in [-0.3, -0.25) is 0 Å². The van der Waals surface area contributed by atoms with Crippen molar-refractivity contribution < 1.29 is 19.7 Å². The van der Waals surface area contributed by atoms with Gasteiger partial charge in [0.2, 0.25) is 5.88 Å². The standard InChI is InChI=1S/C11H19N3O4S/c15-8-11(1-3-17-4-2-11)12-5-9(16)7-18-10-6-13-19-14-10/h6,9,12,15-16H,1-5,7-8H2. The zero-order chi connectivity index (χ0) is 13.6. The fraction of sp³-hybridized carbons (Fsp3) is 0.818. The second-order valence-corrected chi connectivity index (χ2v) is 5.20. The largest absolute Gasteiger partial charge is 0.473 e. The summed E-state index contributed by atoms with van der Waals surface area (Å²) in [6.07, 6.45) is 2.34. The van der Waals surface area contributed by atoms with E-state index in [-0.39, 0.29) is 18.8 Å². The van der Waals surface area contributed by atoms with Crippen molar-refractivity contribution in [2.75, 3.05) is 33.0 Å². The fourth-order valence-electron chi connectivity index (χ4n) is 1.95. The van der Waals surface area contributed by atoms with Gasteiger partial charge in [-0.25, -0.2) is 0 Å². The maximum atomic E-state index is 9.84. The van der Waals surface area contributed by atoms with Crippen LogP contribution in [0.25, 0.3) is 0 Å². The highest BCUT2D eigenvalue weighted by Crippen LogP contribution is 2.19. The summed E-state index contributed by atoms with van der Waals surface area (Å²) in [6, 6.07) is 0. The molecule has 19 heavy (non-hydrogen) atoms. The third kappa shape index (κ3) is 4.36. The average molecular weight is 289 g/mol. The van der Waals surface area contributed by atoms with Crippen LogP contribution in [-0.4, -0.2) is 63.6 Å². The van der Waals surface area contributed by atoms with Gasteiger partial charge in [0, 0.05) is 25.3 Å². The van der Waals surface area contributed by atoms with E-state index < -0.39 is 6.10 Å². The monoisotopic (exact) mass is 289 g/mol. The Morgan fingerprint density at radius 3 is 2.95 bits per heavy atom. The molecule has 1 aromatic rings. The van der Waals surface area contributed by atoms with Crippen LogP contribution in [0.1, 0.15) is 12.8 Å². The molecule has 0 aromatic carbocycles. The van der Waals surface area contributed by atoms with Gasteiger partial charge in [-0.1, -0.05) is 0 Å². The lowest BCUT2D eigenvalue weighted by atomic mass is 9.91. The summed E-state index contributed by atoms with van der Waals surface area (Å²) in [7, 11) is 0. The summed E-state index contributed by atoms with van der Waals surface area (Å²) in [6.45, 7) is 1.81. The molecule has 1 saturated heterocycles. The van der Waals surface area contributed by atoms with Crippen LogP contribution in [-0.2, 0) is 4.74 Å². The minimum Gasteiger partial charge on any atom is -0.473 e. The van der Waals surface area contributed by atoms with Crippen LogP contribution < -0.4 is 10.1 Å². The van der Waals surface area contributed by atoms with Crippen LogP contribution in [0.5, 0.6) is 5.88 Å². The summed E-state index contributed by atoms with van der Waals surface area (Å²) >= 11 is 1.06. The third-order valence-corrected chi connectivity index (χ3v) is 3.69. The van der Waals surface area contributed by atoms with Gasteiger partial charge in [-0.2, -0.15) is 4.37 Å². The number of nitrogens with zero attached hydrogens (tertiary/aromatic N) is 2. The number of ether oxygens (including phenoxy) is 2. The molecule has 0 bridgehead atoms. The summed E-state index contributed by atoms with van der Waals surface area (Å²) < 4.78 is 18.2. The van der Waals surface area contributed by atoms with Crippen LogP contribution >= 0.6 is 11.7 Å². The highest BCUT2D eigenvalue weighted by molar-refractivity contribution is 6.99. The van der Waals surface area contributed by atoms with Crippen molar-refractivity contribution in [3.05, 3.63) is 6.20 Å². The maximum Gasteiger partial charge on any atom is 0.245 e. The molecule has 0 spiro atoms. The number of aliphatic hydroxyl groups excluding tert-OH is 2. The Morgan fingerprint density at radius 2 is 2.32 bits per heavy atom. The lowest BCUT2D eigenvalue weighted by molar-refractivity contribution is 0.00319. The predicted molar refractivity (Wildman–Crippen MR) is 69.3 cm³/mol. The lowest BCUT2D eigenvalue weighted by Gasteiger charge is -2.37. The molecule has 1 fully saturated rings. The number of aromatic nitrogens is 2. The van der Waals surface area contributed by atoms with E-state index in [0.29, 0.717) is 25.6 Å². The van der Waals surface area contributed by atoms with Crippen molar-refractivity contribution in [1.82, 2.24) is 14.1 Å². The van der Waals surface area contributed by atoms with E-state index in [1.165, 1.54) is 6.20 Å². The Bertz CT molecular complexity index is 357. The summed E-state index contributed by atoms with van der Waals surface area (Å²) in [5.74, 6) is 0.423. The zero-order valence-electron chi connectivity index (χ0n) is 10.6. The fourth-order valence-corrected chi connectivity index (χ4v) is 2.31. The molecular formula is C11H19N3O4S. The van der Waals surface area contributed by atoms with Gasteiger partial charge in [-0.15, -0.1) is 4.37 Å². The Kier molecular flexibility index (Phi) is 5.46. The Hall–Kier alpha value is -0.800. The molecule has 1 aliphatic rings. The van der Waals surface area contributed by atoms with Gasteiger partial charge in [0.05, 0.1) is 18.3 Å². The van der Waals surface area contributed by atoms with Gasteiger partial charge in [0.25, 0.3) is 0 Å². The van der Waals surface area contributed by atoms with Crippen molar-refractivity contribution in [1.29, 1.82) is 0 Å². The molecule has 2 heterocycles. The molecule has 8 heteroatoms. The number of nitrogens with one attached hydrogen (secondary N) is 1. The molecule has 3 N–H and O–H groups in total. The molecule has 0 saturated carbocycles. The minimum absolute atomic E-state index is 0.0416. The molecule has 0 aliphatic carbocycles. The number of rotatable bonds is 7. The van der Waals surface area contributed by atoms with Gasteiger partial charge >= 0.3 is 0 Å². The first-order chi connectivity index (χ1) is 9.24. The van der Waals surface area contributed by atoms with E-state index in [9.17, 15) is 10.2 Å². The van der Waals surface area contributed by atoms with E-state index in [2.05, 4.69) is 14.1 Å². The topological polar surface area (TPSA) is 96.7 Å². The molecule has 0 radical (unpaired) electrons. The molecule has 1 aromatic heterocycles. The second-order valence-electron chi connectivity index (χ2n) is 4.64. The quantitative estimate of drug-likeness (QED) is 0.617. The average Bonchev–Trinajstić information content (AvgIpc) is 2.97. The number of aliphatic hydroxyl groups is 2. The normalized spacial score (nSPS) is 20.1. The van der Waals surface area contributed by atoms with Gasteiger partial charge in [0.15, 0.2) is 0 Å². The van der Waals surface area contributed by atoms with E-state index >= 15 is 0 Å². The van der Waals surface area contributed by atoms with Crippen LogP contribution in [0.15, 0.2) is 6.20 Å². The van der Waals surface area contributed by atoms with E-state index in [1.807, 2.05) is 0 Å². The van der Waals surface area contributed by atoms with Crippen molar-refractivity contribution in [2.24, 2.45) is 0 Å². The predicted octanol–water partition coefficient (Wildman–Crippen LogP) is -0.591. The van der Waals surface area contributed by atoms with Crippen LogP contribution in [0.4, 0.5) is 0 Å². The Balaban J connectivity index is 1.71. The summed E-state index contributed by atoms with van der Waals surface area (Å²) in [4.78, 5) is 0. The maximum absolute atomic E-state index is 9.84. The molecule has 1 aliphatic heterocycles. The van der Waals surface area contributed by atoms with E-state index in [1.54, 1.807) is 0 Å². The molecule has 1 atom stereocenters. The molecule has 108 valence electrons. The van der Waals surface area contributed by atoms with Crippen molar-refractivity contribution >= 4 is 11.7 Å². The van der Waals surface area contributed by atoms with Gasteiger partial charge in [0.1, 0.15) is 18.9 Å². The van der Waals surface area contributed by atoms with Gasteiger partial charge in [-0.05, 0) is 12.8 Å². The van der Waals surface area contributed by atoms with E-state index in [4.69, 9.17) is 9.47 Å². The lowest BCUT2D eigenvalue weighted by Crippen LogP contribution is -2.54. The molecule has 7 nitrogen and oxygen atoms in total. The highest BCUT2D eigenvalue weighted by atomic mass is 32.1. The third-order valence-electron chi connectivity index (χ3n) is 3.23. The number of β-amino-alcohol motifs (C(OH)–C–C–N with tert-alkyl or cyclic N) is 1. The second kappa shape index (κ2) is 7.11. The molecule has 2 rings (SSSR count). The van der Waals surface area contributed by atoms with Gasteiger partial charge < -0.3 is 25.0 Å². The van der Waals surface area contributed by atoms with Crippen LogP contribution in [0.3, 0.4) is 0 Å². The smallest absolute Gasteiger partial charge is 0.245 e. The molecular weight excluding hydrogens is 270 g/mol. The van der Waals surface area contributed by atoms with Crippen molar-refractivity contribution in [3.8, 4) is 5.88 Å². The SMILES string of the molecule is OCC1(NCC(O)COc2cnsn2)CCOCC1. The van der Waals surface area contributed by atoms with Crippen LogP contribution in [0, 0.1) is 0 Å². The van der Waals surface area contributed by atoms with Crippen molar-refractivity contribution in [2.45, 2.75) is 24.5 Å². The molecule has 0 amide bonds. The first-order valence-electron chi connectivity index (χ1n) is 6.26. The summed E-state index contributed by atoms with van der Waals surface area (Å²) in [5.41, 5.74) is -0.346. The number of hydrogen-bond donors (Lipinski definition) is 3. The zero-order valence-corrected chi connectivity index (χ0v) is 11.4. The van der Waals surface area contributed by atoms with Crippen molar-refractivity contribution in [3.63, 3.8) is 0 Å². The van der Waals surface area contributed by atoms with E-state index in [0.717, 1.165) is 24.6 Å². The summed E-state index contributed by atoms with van der Waals surface area (Å²) in [5, 5.41) is 22.6.